The van der Waals surface area contributed by atoms with Gasteiger partial charge in [0.2, 0.25) is 0 Å². The van der Waals surface area contributed by atoms with E-state index in [0.717, 1.165) is 36.5 Å². The number of aliphatic imine (C=N–C) groups is 1. The molecule has 0 radical (unpaired) electrons. The van der Waals surface area contributed by atoms with Crippen molar-refractivity contribution in [3.63, 3.8) is 0 Å². The van der Waals surface area contributed by atoms with Crippen LogP contribution in [0, 0.1) is 11.8 Å². The van der Waals surface area contributed by atoms with Gasteiger partial charge in [0.15, 0.2) is 0 Å². The van der Waals surface area contributed by atoms with Gasteiger partial charge in [-0.25, -0.2) is 4.79 Å². The van der Waals surface area contributed by atoms with E-state index in [-0.39, 0.29) is 17.9 Å². The van der Waals surface area contributed by atoms with Crippen molar-refractivity contribution in [3.8, 4) is 5.75 Å². The van der Waals surface area contributed by atoms with Crippen LogP contribution in [0.3, 0.4) is 0 Å². The number of fused-ring (bicyclic) bond motifs is 5. The molecule has 0 saturated carbocycles. The van der Waals surface area contributed by atoms with Gasteiger partial charge < -0.3 is 19.3 Å². The van der Waals surface area contributed by atoms with Crippen LogP contribution in [0.4, 0.5) is 5.69 Å². The van der Waals surface area contributed by atoms with Gasteiger partial charge in [-0.15, -0.1) is 0 Å². The third-order valence-electron chi connectivity index (χ3n) is 6.92. The molecule has 1 N–H and O–H groups in total. The predicted octanol–water partition coefficient (Wildman–Crippen LogP) is 2.79. The minimum atomic E-state index is -1.14. The molecule has 2 fully saturated rings. The van der Waals surface area contributed by atoms with E-state index in [1.807, 2.05) is 18.2 Å². The lowest BCUT2D eigenvalue weighted by molar-refractivity contribution is -0.137. The molecular formula is C23H30N2O5. The van der Waals surface area contributed by atoms with Crippen LogP contribution >= 0.6 is 0 Å². The first-order valence-corrected chi connectivity index (χ1v) is 10.5. The number of carbonyl (C=O) groups is 1. The number of rotatable bonds is 5. The summed E-state index contributed by atoms with van der Waals surface area (Å²) in [5, 5.41) is 11.8. The lowest BCUT2D eigenvalue weighted by Crippen LogP contribution is -2.60. The average molecular weight is 415 g/mol. The van der Waals surface area contributed by atoms with Crippen LogP contribution in [-0.2, 0) is 19.9 Å². The van der Waals surface area contributed by atoms with Gasteiger partial charge in [0.25, 0.3) is 0 Å². The minimum absolute atomic E-state index is 0.0284. The molecule has 162 valence electrons. The zero-order chi connectivity index (χ0) is 21.5. The Labute approximate surface area is 177 Å². The smallest absolute Gasteiger partial charge is 0.337 e. The maximum absolute atomic E-state index is 12.5. The highest BCUT2D eigenvalue weighted by atomic mass is 16.5. The second kappa shape index (κ2) is 8.04. The summed E-state index contributed by atoms with van der Waals surface area (Å²) >= 11 is 0. The fraction of sp³-hybridized carbons (Fsp3) is 0.565. The molecule has 0 unspecified atom stereocenters. The molecule has 30 heavy (non-hydrogen) atoms. The molecule has 3 aliphatic rings. The molecule has 1 aromatic rings. The summed E-state index contributed by atoms with van der Waals surface area (Å²) in [4.78, 5) is 19.8. The molecule has 0 amide bonds. The van der Waals surface area contributed by atoms with Crippen molar-refractivity contribution in [2.75, 3.05) is 34.4 Å². The lowest BCUT2D eigenvalue weighted by Gasteiger charge is -2.50. The number of hydrogen-bond acceptors (Lipinski definition) is 7. The van der Waals surface area contributed by atoms with E-state index in [1.165, 1.54) is 13.4 Å². The van der Waals surface area contributed by atoms with Crippen LogP contribution in [-0.4, -0.2) is 62.1 Å². The Bertz CT molecular complexity index is 896. The first-order chi connectivity index (χ1) is 14.5. The van der Waals surface area contributed by atoms with E-state index in [9.17, 15) is 9.90 Å². The number of benzene rings is 1. The van der Waals surface area contributed by atoms with E-state index < -0.39 is 5.60 Å². The summed E-state index contributed by atoms with van der Waals surface area (Å²) in [6, 6.07) is 5.63. The number of esters is 1. The van der Waals surface area contributed by atoms with E-state index in [0.29, 0.717) is 30.1 Å². The van der Waals surface area contributed by atoms with E-state index in [1.54, 1.807) is 14.2 Å². The number of methoxy groups -OCH3 is 3. The predicted molar refractivity (Wildman–Crippen MR) is 113 cm³/mol. The summed E-state index contributed by atoms with van der Waals surface area (Å²) < 4.78 is 15.8. The molecule has 2 saturated heterocycles. The largest absolute Gasteiger partial charge is 0.504 e. The quantitative estimate of drug-likeness (QED) is 0.453. The first-order valence-electron chi connectivity index (χ1n) is 10.5. The molecule has 3 aliphatic heterocycles. The third-order valence-corrected chi connectivity index (χ3v) is 6.92. The van der Waals surface area contributed by atoms with Crippen LogP contribution in [0.25, 0.3) is 0 Å². The molecule has 4 rings (SSSR count). The number of piperidine rings is 2. The van der Waals surface area contributed by atoms with E-state index in [4.69, 9.17) is 19.2 Å². The second-order valence-electron chi connectivity index (χ2n) is 8.28. The van der Waals surface area contributed by atoms with Crippen molar-refractivity contribution in [1.29, 1.82) is 0 Å². The molecule has 0 aliphatic carbocycles. The van der Waals surface area contributed by atoms with Gasteiger partial charge in [0.1, 0.15) is 11.4 Å². The molecule has 0 spiro atoms. The highest BCUT2D eigenvalue weighted by molar-refractivity contribution is 6.05. The highest BCUT2D eigenvalue weighted by Crippen LogP contribution is 2.51. The molecule has 0 bridgehead atoms. The van der Waals surface area contributed by atoms with Crippen molar-refractivity contribution in [3.05, 3.63) is 35.6 Å². The third kappa shape index (κ3) is 3.11. The van der Waals surface area contributed by atoms with Gasteiger partial charge in [-0.2, -0.15) is 0 Å². The normalized spacial score (nSPS) is 30.6. The fourth-order valence-electron chi connectivity index (χ4n) is 5.45. The Hall–Kier alpha value is -2.38. The van der Waals surface area contributed by atoms with Crippen molar-refractivity contribution >= 4 is 17.4 Å². The monoisotopic (exact) mass is 414 g/mol. The maximum atomic E-state index is 12.5. The van der Waals surface area contributed by atoms with Gasteiger partial charge in [-0.05, 0) is 36.8 Å². The first kappa shape index (κ1) is 20.9. The standard InChI is InChI=1S/C23H30N2O5/c1-5-14-12-25-10-9-23(27)20-17(7-6-8-19(20)29-3)24-21(23)18(25)11-15(14)16(13-28-2)22(26)30-4/h6-8,13-15,18,27H,5,9-12H2,1-4H3/t14-,15+,18+,23+/m1/s1. The summed E-state index contributed by atoms with van der Waals surface area (Å²) in [5.41, 5.74) is 1.70. The van der Waals surface area contributed by atoms with Crippen LogP contribution in [0.1, 0.15) is 31.7 Å². The molecule has 7 heteroatoms. The average Bonchev–Trinajstić information content (AvgIpc) is 3.09. The topological polar surface area (TPSA) is 80.6 Å². The molecule has 4 atom stereocenters. The Morgan fingerprint density at radius 1 is 1.37 bits per heavy atom. The molecular weight excluding hydrogens is 384 g/mol. The van der Waals surface area contributed by atoms with Crippen LogP contribution in [0.2, 0.25) is 0 Å². The van der Waals surface area contributed by atoms with Crippen molar-refractivity contribution in [1.82, 2.24) is 4.90 Å². The van der Waals surface area contributed by atoms with Crippen molar-refractivity contribution in [2.24, 2.45) is 16.8 Å². The van der Waals surface area contributed by atoms with Crippen molar-refractivity contribution in [2.45, 2.75) is 37.8 Å². The van der Waals surface area contributed by atoms with Gasteiger partial charge in [0, 0.05) is 13.1 Å². The fourth-order valence-corrected chi connectivity index (χ4v) is 5.45. The molecule has 1 aromatic carbocycles. The summed E-state index contributed by atoms with van der Waals surface area (Å²) in [5.74, 6) is 0.569. The Balaban J connectivity index is 1.72. The summed E-state index contributed by atoms with van der Waals surface area (Å²) in [6.45, 7) is 3.75. The van der Waals surface area contributed by atoms with E-state index in [2.05, 4.69) is 11.8 Å². The number of carbonyl (C=O) groups excluding carboxylic acids is 1. The number of aliphatic hydroxyl groups is 1. The Morgan fingerprint density at radius 3 is 2.83 bits per heavy atom. The zero-order valence-corrected chi connectivity index (χ0v) is 18.1. The van der Waals surface area contributed by atoms with Crippen LogP contribution < -0.4 is 4.74 Å². The zero-order valence-electron chi connectivity index (χ0n) is 18.1. The maximum Gasteiger partial charge on any atom is 0.337 e. The molecule has 7 nitrogen and oxygen atoms in total. The second-order valence-corrected chi connectivity index (χ2v) is 8.28. The van der Waals surface area contributed by atoms with E-state index >= 15 is 0 Å². The van der Waals surface area contributed by atoms with Gasteiger partial charge in [0.05, 0.1) is 56.2 Å². The van der Waals surface area contributed by atoms with Crippen LogP contribution in [0.5, 0.6) is 5.75 Å². The van der Waals surface area contributed by atoms with Gasteiger partial charge in [-0.1, -0.05) is 19.4 Å². The summed E-state index contributed by atoms with van der Waals surface area (Å²) in [6.07, 6.45) is 3.71. The molecule has 3 heterocycles. The van der Waals surface area contributed by atoms with Crippen LogP contribution in [0.15, 0.2) is 35.0 Å². The Kier molecular flexibility index (Phi) is 5.59. The SMILES string of the molecule is CC[C@@H]1CN2CC[C@@]3(O)C(=Nc4cccc(OC)c43)[C@@H]2C[C@@H]1C(=COC)C(=O)OC. The number of ether oxygens (including phenoxy) is 3. The van der Waals surface area contributed by atoms with Gasteiger partial charge >= 0.3 is 5.97 Å². The molecule has 0 aromatic heterocycles. The minimum Gasteiger partial charge on any atom is -0.504 e. The van der Waals surface area contributed by atoms with Gasteiger partial charge in [-0.3, -0.25) is 9.89 Å². The number of nitrogens with zero attached hydrogens (tertiary/aromatic N) is 2. The Morgan fingerprint density at radius 2 is 2.17 bits per heavy atom. The highest BCUT2D eigenvalue weighted by Gasteiger charge is 2.54. The summed E-state index contributed by atoms with van der Waals surface area (Å²) in [7, 11) is 4.56. The lowest BCUT2D eigenvalue weighted by atomic mass is 9.70. The number of hydrogen-bond donors (Lipinski definition) is 1. The van der Waals surface area contributed by atoms with Crippen molar-refractivity contribution < 1.29 is 24.1 Å².